The number of rotatable bonds is 2. The van der Waals surface area contributed by atoms with Crippen molar-refractivity contribution in [2.24, 2.45) is 0 Å². The van der Waals surface area contributed by atoms with Gasteiger partial charge in [-0.1, -0.05) is 12.1 Å². The molecule has 0 aliphatic rings. The Morgan fingerprint density at radius 3 is 2.50 bits per heavy atom. The zero-order chi connectivity index (χ0) is 11.7. The Bertz CT molecular complexity index is 556. The number of hydrogen-bond acceptors (Lipinski definition) is 2. The predicted molar refractivity (Wildman–Crippen MR) is 65.4 cm³/mol. The van der Waals surface area contributed by atoms with Crippen LogP contribution in [0, 0.1) is 13.8 Å². The van der Waals surface area contributed by atoms with E-state index in [1.165, 1.54) is 0 Å². The Kier molecular flexibility index (Phi) is 2.65. The quantitative estimate of drug-likeness (QED) is 0.717. The molecule has 0 radical (unpaired) electrons. The smallest absolute Gasteiger partial charge is 0.150 e. The van der Waals surface area contributed by atoms with Crippen molar-refractivity contribution in [2.75, 3.05) is 7.11 Å². The van der Waals surface area contributed by atoms with E-state index in [-0.39, 0.29) is 0 Å². The Labute approximate surface area is 94.8 Å². The summed E-state index contributed by atoms with van der Waals surface area (Å²) in [4.78, 5) is 10.7. The zero-order valence-corrected chi connectivity index (χ0v) is 9.70. The Balaban J connectivity index is 2.83. The number of carbonyl (C=O) groups is 1. The average Bonchev–Trinajstić information content (AvgIpc) is 2.33. The van der Waals surface area contributed by atoms with E-state index in [0.717, 1.165) is 33.9 Å². The summed E-state index contributed by atoms with van der Waals surface area (Å²) in [5, 5.41) is 2.25. The highest BCUT2D eigenvalue weighted by molar-refractivity contribution is 5.94. The lowest BCUT2D eigenvalue weighted by atomic mass is 9.98. The molecule has 0 saturated heterocycles. The molecule has 0 fully saturated rings. The Morgan fingerprint density at radius 2 is 1.88 bits per heavy atom. The predicted octanol–water partition coefficient (Wildman–Crippen LogP) is 3.28. The van der Waals surface area contributed by atoms with Crippen LogP contribution >= 0.6 is 0 Å². The van der Waals surface area contributed by atoms with Crippen molar-refractivity contribution in [1.29, 1.82) is 0 Å². The van der Waals surface area contributed by atoms with Gasteiger partial charge in [-0.2, -0.15) is 0 Å². The standard InChI is InChI=1S/C14H14O2/c1-9-6-14(16-3)10(2)12-5-4-11(8-15)7-13(9)12/h4-8H,1-3H3. The lowest BCUT2D eigenvalue weighted by Gasteiger charge is -2.11. The van der Waals surface area contributed by atoms with E-state index in [4.69, 9.17) is 4.74 Å². The first-order valence-corrected chi connectivity index (χ1v) is 5.20. The van der Waals surface area contributed by atoms with Crippen LogP contribution in [-0.4, -0.2) is 13.4 Å². The molecule has 0 spiro atoms. The molecular weight excluding hydrogens is 200 g/mol. The fraction of sp³-hybridized carbons (Fsp3) is 0.214. The van der Waals surface area contributed by atoms with E-state index in [2.05, 4.69) is 0 Å². The number of carbonyl (C=O) groups excluding carboxylic acids is 1. The Hall–Kier alpha value is -1.83. The minimum absolute atomic E-state index is 0.708. The van der Waals surface area contributed by atoms with Crippen LogP contribution in [0.25, 0.3) is 10.8 Å². The number of ether oxygens (including phenoxy) is 1. The van der Waals surface area contributed by atoms with E-state index in [1.54, 1.807) is 7.11 Å². The molecule has 16 heavy (non-hydrogen) atoms. The second-order valence-electron chi connectivity index (χ2n) is 3.94. The fourth-order valence-electron chi connectivity index (χ4n) is 2.02. The van der Waals surface area contributed by atoms with Gasteiger partial charge < -0.3 is 4.74 Å². The SMILES string of the molecule is COc1cc(C)c2cc(C=O)ccc2c1C. The number of aryl methyl sites for hydroxylation is 2. The summed E-state index contributed by atoms with van der Waals surface area (Å²) in [7, 11) is 1.67. The molecule has 0 atom stereocenters. The minimum Gasteiger partial charge on any atom is -0.496 e. The van der Waals surface area contributed by atoms with Gasteiger partial charge in [0.05, 0.1) is 7.11 Å². The molecule has 2 aromatic carbocycles. The number of methoxy groups -OCH3 is 1. The van der Waals surface area contributed by atoms with Crippen molar-refractivity contribution in [3.63, 3.8) is 0 Å². The van der Waals surface area contributed by atoms with Gasteiger partial charge in [-0.05, 0) is 47.9 Å². The monoisotopic (exact) mass is 214 g/mol. The molecule has 0 aliphatic carbocycles. The first-order valence-electron chi connectivity index (χ1n) is 5.20. The molecule has 82 valence electrons. The molecule has 2 rings (SSSR count). The molecule has 0 N–H and O–H groups in total. The summed E-state index contributed by atoms with van der Waals surface area (Å²) in [5.41, 5.74) is 2.95. The van der Waals surface area contributed by atoms with Crippen LogP contribution in [0.2, 0.25) is 0 Å². The van der Waals surface area contributed by atoms with Crippen LogP contribution < -0.4 is 4.74 Å². The normalized spacial score (nSPS) is 10.4. The molecule has 2 heteroatoms. The van der Waals surface area contributed by atoms with Crippen LogP contribution in [0.5, 0.6) is 5.75 Å². The lowest BCUT2D eigenvalue weighted by Crippen LogP contribution is -1.92. The van der Waals surface area contributed by atoms with E-state index in [0.29, 0.717) is 5.56 Å². The van der Waals surface area contributed by atoms with Crippen molar-refractivity contribution < 1.29 is 9.53 Å². The highest BCUT2D eigenvalue weighted by Crippen LogP contribution is 2.30. The topological polar surface area (TPSA) is 26.3 Å². The van der Waals surface area contributed by atoms with Gasteiger partial charge in [0.2, 0.25) is 0 Å². The summed E-state index contributed by atoms with van der Waals surface area (Å²) >= 11 is 0. The van der Waals surface area contributed by atoms with Gasteiger partial charge in [-0.25, -0.2) is 0 Å². The molecule has 2 nitrogen and oxygen atoms in total. The third-order valence-electron chi connectivity index (χ3n) is 2.95. The summed E-state index contributed by atoms with van der Waals surface area (Å²) in [5.74, 6) is 0.892. The van der Waals surface area contributed by atoms with Gasteiger partial charge in [-0.3, -0.25) is 4.79 Å². The third-order valence-corrected chi connectivity index (χ3v) is 2.95. The van der Waals surface area contributed by atoms with Crippen molar-refractivity contribution in [1.82, 2.24) is 0 Å². The van der Waals surface area contributed by atoms with E-state index >= 15 is 0 Å². The molecule has 0 amide bonds. The molecule has 0 heterocycles. The maximum atomic E-state index is 10.7. The van der Waals surface area contributed by atoms with Gasteiger partial charge in [0.1, 0.15) is 12.0 Å². The second-order valence-corrected chi connectivity index (χ2v) is 3.94. The summed E-state index contributed by atoms with van der Waals surface area (Å²) < 4.78 is 5.32. The van der Waals surface area contributed by atoms with Gasteiger partial charge in [0.25, 0.3) is 0 Å². The summed E-state index contributed by atoms with van der Waals surface area (Å²) in [6.07, 6.45) is 0.873. The van der Waals surface area contributed by atoms with Crippen molar-refractivity contribution in [2.45, 2.75) is 13.8 Å². The number of benzene rings is 2. The first-order chi connectivity index (χ1) is 7.67. The number of fused-ring (bicyclic) bond motifs is 1. The number of aldehydes is 1. The van der Waals surface area contributed by atoms with Crippen molar-refractivity contribution >= 4 is 17.1 Å². The van der Waals surface area contributed by atoms with Crippen LogP contribution in [0.3, 0.4) is 0 Å². The fourth-order valence-corrected chi connectivity index (χ4v) is 2.02. The van der Waals surface area contributed by atoms with Gasteiger partial charge >= 0.3 is 0 Å². The third kappa shape index (κ3) is 1.56. The Morgan fingerprint density at radius 1 is 1.12 bits per heavy atom. The van der Waals surface area contributed by atoms with E-state index in [1.807, 2.05) is 38.1 Å². The molecule has 0 aromatic heterocycles. The molecule has 2 aromatic rings. The van der Waals surface area contributed by atoms with Crippen LogP contribution in [0.1, 0.15) is 21.5 Å². The highest BCUT2D eigenvalue weighted by Gasteiger charge is 2.07. The maximum Gasteiger partial charge on any atom is 0.150 e. The van der Waals surface area contributed by atoms with Crippen LogP contribution in [0.4, 0.5) is 0 Å². The van der Waals surface area contributed by atoms with Crippen molar-refractivity contribution in [3.8, 4) is 5.75 Å². The molecule has 0 unspecified atom stereocenters. The minimum atomic E-state index is 0.708. The highest BCUT2D eigenvalue weighted by atomic mass is 16.5. The molecule has 0 bridgehead atoms. The van der Waals surface area contributed by atoms with Crippen LogP contribution in [0.15, 0.2) is 24.3 Å². The summed E-state index contributed by atoms with van der Waals surface area (Å²) in [6, 6.07) is 7.74. The van der Waals surface area contributed by atoms with Gasteiger partial charge in [0, 0.05) is 5.56 Å². The second kappa shape index (κ2) is 3.97. The molecule has 0 aliphatic heterocycles. The van der Waals surface area contributed by atoms with E-state index < -0.39 is 0 Å². The zero-order valence-electron chi connectivity index (χ0n) is 9.70. The lowest BCUT2D eigenvalue weighted by molar-refractivity contribution is 0.112. The maximum absolute atomic E-state index is 10.7. The number of hydrogen-bond donors (Lipinski definition) is 0. The summed E-state index contributed by atoms with van der Waals surface area (Å²) in [6.45, 7) is 4.06. The molecular formula is C14H14O2. The van der Waals surface area contributed by atoms with Gasteiger partial charge in [0.15, 0.2) is 0 Å². The largest absolute Gasteiger partial charge is 0.496 e. The van der Waals surface area contributed by atoms with Crippen molar-refractivity contribution in [3.05, 3.63) is 41.0 Å². The van der Waals surface area contributed by atoms with Gasteiger partial charge in [-0.15, -0.1) is 0 Å². The van der Waals surface area contributed by atoms with Crippen LogP contribution in [-0.2, 0) is 0 Å². The molecule has 0 saturated carbocycles. The first kappa shape index (κ1) is 10.7. The average molecular weight is 214 g/mol. The van der Waals surface area contributed by atoms with E-state index in [9.17, 15) is 4.79 Å².